The monoisotopic (exact) mass is 288 g/mol. The quantitative estimate of drug-likeness (QED) is 0.788. The lowest BCUT2D eigenvalue weighted by Gasteiger charge is -2.20. The molecule has 0 spiro atoms. The Bertz CT molecular complexity index is 571. The van der Waals surface area contributed by atoms with Gasteiger partial charge in [-0.2, -0.15) is 0 Å². The van der Waals surface area contributed by atoms with Crippen molar-refractivity contribution in [2.24, 2.45) is 5.92 Å². The molecule has 0 aromatic heterocycles. The van der Waals surface area contributed by atoms with E-state index in [1.165, 1.54) is 0 Å². The Labute approximate surface area is 123 Å². The normalized spacial score (nSPS) is 24.3. The molecule has 2 aliphatic rings. The van der Waals surface area contributed by atoms with Crippen LogP contribution in [0.4, 0.5) is 5.69 Å². The van der Waals surface area contributed by atoms with Crippen molar-refractivity contribution in [2.75, 3.05) is 11.9 Å². The molecule has 5 nitrogen and oxygen atoms in total. The highest BCUT2D eigenvalue weighted by molar-refractivity contribution is 5.98. The second kappa shape index (κ2) is 5.85. The SMILES string of the molecule is O=C1CCc2cc(C(=O)NC3CCCC3CO)ccc2N1. The maximum absolute atomic E-state index is 12.3. The molecule has 0 radical (unpaired) electrons. The van der Waals surface area contributed by atoms with Crippen molar-refractivity contribution >= 4 is 17.5 Å². The minimum Gasteiger partial charge on any atom is -0.396 e. The third-order valence-electron chi connectivity index (χ3n) is 4.47. The Balaban J connectivity index is 1.72. The second-order valence-corrected chi connectivity index (χ2v) is 5.87. The van der Waals surface area contributed by atoms with Crippen molar-refractivity contribution < 1.29 is 14.7 Å². The van der Waals surface area contributed by atoms with E-state index in [1.54, 1.807) is 12.1 Å². The van der Waals surface area contributed by atoms with Gasteiger partial charge in [0.2, 0.25) is 5.91 Å². The minimum absolute atomic E-state index is 0.0245. The highest BCUT2D eigenvalue weighted by atomic mass is 16.3. The molecule has 1 aliphatic carbocycles. The first-order valence-corrected chi connectivity index (χ1v) is 7.52. The van der Waals surface area contributed by atoms with Crippen LogP contribution < -0.4 is 10.6 Å². The van der Waals surface area contributed by atoms with E-state index in [2.05, 4.69) is 10.6 Å². The number of rotatable bonds is 3. The number of amides is 2. The van der Waals surface area contributed by atoms with Crippen LogP contribution in [0.2, 0.25) is 0 Å². The largest absolute Gasteiger partial charge is 0.396 e. The number of aliphatic hydroxyl groups is 1. The van der Waals surface area contributed by atoms with Gasteiger partial charge >= 0.3 is 0 Å². The fourth-order valence-corrected chi connectivity index (χ4v) is 3.22. The van der Waals surface area contributed by atoms with Gasteiger partial charge < -0.3 is 15.7 Å². The van der Waals surface area contributed by atoms with Gasteiger partial charge in [0.15, 0.2) is 0 Å². The Morgan fingerprint density at radius 2 is 2.19 bits per heavy atom. The molecule has 3 rings (SSSR count). The fourth-order valence-electron chi connectivity index (χ4n) is 3.22. The summed E-state index contributed by atoms with van der Waals surface area (Å²) in [6.45, 7) is 0.126. The topological polar surface area (TPSA) is 78.4 Å². The van der Waals surface area contributed by atoms with Crippen LogP contribution in [0.1, 0.15) is 41.6 Å². The zero-order valence-corrected chi connectivity index (χ0v) is 11.9. The third kappa shape index (κ3) is 2.93. The number of aliphatic hydroxyl groups excluding tert-OH is 1. The predicted molar refractivity (Wildman–Crippen MR) is 79.1 cm³/mol. The molecule has 1 heterocycles. The molecule has 3 N–H and O–H groups in total. The van der Waals surface area contributed by atoms with Gasteiger partial charge in [0.25, 0.3) is 5.91 Å². The molecule has 1 aliphatic heterocycles. The molecule has 1 fully saturated rings. The number of fused-ring (bicyclic) bond motifs is 1. The van der Waals surface area contributed by atoms with E-state index in [0.29, 0.717) is 18.4 Å². The van der Waals surface area contributed by atoms with E-state index in [-0.39, 0.29) is 30.4 Å². The van der Waals surface area contributed by atoms with E-state index < -0.39 is 0 Å². The van der Waals surface area contributed by atoms with Crippen molar-refractivity contribution in [3.63, 3.8) is 0 Å². The van der Waals surface area contributed by atoms with Gasteiger partial charge in [0, 0.05) is 36.2 Å². The van der Waals surface area contributed by atoms with Crippen molar-refractivity contribution in [1.82, 2.24) is 5.32 Å². The van der Waals surface area contributed by atoms with Crippen LogP contribution in [0.3, 0.4) is 0 Å². The predicted octanol–water partition coefficient (Wildman–Crippen LogP) is 1.46. The zero-order chi connectivity index (χ0) is 14.8. The number of carbonyl (C=O) groups is 2. The maximum atomic E-state index is 12.3. The Morgan fingerprint density at radius 1 is 1.33 bits per heavy atom. The van der Waals surface area contributed by atoms with Gasteiger partial charge in [-0.1, -0.05) is 6.42 Å². The first kappa shape index (κ1) is 14.1. The average Bonchev–Trinajstić information content (AvgIpc) is 2.93. The molecular formula is C16H20N2O3. The summed E-state index contributed by atoms with van der Waals surface area (Å²) < 4.78 is 0. The van der Waals surface area contributed by atoms with Crippen molar-refractivity contribution in [3.8, 4) is 0 Å². The number of hydrogen-bond donors (Lipinski definition) is 3. The molecular weight excluding hydrogens is 268 g/mol. The van der Waals surface area contributed by atoms with Crippen molar-refractivity contribution in [3.05, 3.63) is 29.3 Å². The summed E-state index contributed by atoms with van der Waals surface area (Å²) in [5.41, 5.74) is 2.43. The summed E-state index contributed by atoms with van der Waals surface area (Å²) in [5, 5.41) is 15.1. The van der Waals surface area contributed by atoms with E-state index >= 15 is 0 Å². The first-order valence-electron chi connectivity index (χ1n) is 7.52. The van der Waals surface area contributed by atoms with E-state index in [9.17, 15) is 14.7 Å². The summed E-state index contributed by atoms with van der Waals surface area (Å²) in [6, 6.07) is 5.45. The lowest BCUT2D eigenvalue weighted by molar-refractivity contribution is -0.116. The number of carbonyl (C=O) groups excluding carboxylic acids is 2. The Kier molecular flexibility index (Phi) is 3.92. The minimum atomic E-state index is -0.0972. The van der Waals surface area contributed by atoms with E-state index in [4.69, 9.17) is 0 Å². The van der Waals surface area contributed by atoms with Gasteiger partial charge in [-0.25, -0.2) is 0 Å². The molecule has 1 aromatic rings. The zero-order valence-electron chi connectivity index (χ0n) is 11.9. The summed E-state index contributed by atoms with van der Waals surface area (Å²) >= 11 is 0. The third-order valence-corrected chi connectivity index (χ3v) is 4.47. The number of aryl methyl sites for hydroxylation is 1. The van der Waals surface area contributed by atoms with Crippen LogP contribution in [-0.4, -0.2) is 29.6 Å². The van der Waals surface area contributed by atoms with Crippen LogP contribution in [0, 0.1) is 5.92 Å². The molecule has 0 bridgehead atoms. The van der Waals surface area contributed by atoms with Crippen LogP contribution in [0.15, 0.2) is 18.2 Å². The Morgan fingerprint density at radius 3 is 3.00 bits per heavy atom. The fraction of sp³-hybridized carbons (Fsp3) is 0.500. The molecule has 2 amide bonds. The standard InChI is InChI=1S/C16H20N2O3/c19-9-12-2-1-3-13(12)18-16(21)11-4-6-14-10(8-11)5-7-15(20)17-14/h4,6,8,12-13,19H,1-3,5,7,9H2,(H,17,20)(H,18,21). The lowest BCUT2D eigenvalue weighted by Crippen LogP contribution is -2.38. The number of hydrogen-bond acceptors (Lipinski definition) is 3. The van der Waals surface area contributed by atoms with Gasteiger partial charge in [-0.05, 0) is 43.0 Å². The highest BCUT2D eigenvalue weighted by Gasteiger charge is 2.28. The van der Waals surface area contributed by atoms with Crippen LogP contribution in [-0.2, 0) is 11.2 Å². The maximum Gasteiger partial charge on any atom is 0.251 e. The second-order valence-electron chi connectivity index (χ2n) is 5.87. The number of nitrogens with one attached hydrogen (secondary N) is 2. The molecule has 21 heavy (non-hydrogen) atoms. The molecule has 2 unspecified atom stereocenters. The van der Waals surface area contributed by atoms with Gasteiger partial charge in [0.05, 0.1) is 0 Å². The summed E-state index contributed by atoms with van der Waals surface area (Å²) in [5.74, 6) is 0.0994. The van der Waals surface area contributed by atoms with Crippen LogP contribution in [0.25, 0.3) is 0 Å². The number of benzene rings is 1. The average molecular weight is 288 g/mol. The Hall–Kier alpha value is -1.88. The molecule has 112 valence electrons. The van der Waals surface area contributed by atoms with Gasteiger partial charge in [-0.15, -0.1) is 0 Å². The molecule has 5 heteroatoms. The smallest absolute Gasteiger partial charge is 0.251 e. The van der Waals surface area contributed by atoms with Gasteiger partial charge in [-0.3, -0.25) is 9.59 Å². The number of anilines is 1. The first-order chi connectivity index (χ1) is 10.2. The van der Waals surface area contributed by atoms with Crippen LogP contribution in [0.5, 0.6) is 0 Å². The van der Waals surface area contributed by atoms with Crippen molar-refractivity contribution in [2.45, 2.75) is 38.1 Å². The van der Waals surface area contributed by atoms with Gasteiger partial charge in [0.1, 0.15) is 0 Å². The molecule has 0 saturated heterocycles. The van der Waals surface area contributed by atoms with Crippen molar-refractivity contribution in [1.29, 1.82) is 0 Å². The molecule has 2 atom stereocenters. The van der Waals surface area contributed by atoms with Crippen LogP contribution >= 0.6 is 0 Å². The molecule has 1 aromatic carbocycles. The summed E-state index contributed by atoms with van der Waals surface area (Å²) in [4.78, 5) is 23.7. The molecule has 1 saturated carbocycles. The highest BCUT2D eigenvalue weighted by Crippen LogP contribution is 2.26. The lowest BCUT2D eigenvalue weighted by atomic mass is 9.99. The van der Waals surface area contributed by atoms with E-state index in [0.717, 1.165) is 30.5 Å². The van der Waals surface area contributed by atoms with E-state index in [1.807, 2.05) is 6.07 Å². The summed E-state index contributed by atoms with van der Waals surface area (Å²) in [7, 11) is 0. The summed E-state index contributed by atoms with van der Waals surface area (Å²) in [6.07, 6.45) is 4.08.